The van der Waals surface area contributed by atoms with E-state index in [-0.39, 0.29) is 11.6 Å². The number of rotatable bonds is 4. The molecule has 0 unspecified atom stereocenters. The van der Waals surface area contributed by atoms with Crippen LogP contribution in [0.1, 0.15) is 5.76 Å². The second-order valence-electron chi connectivity index (χ2n) is 3.73. The van der Waals surface area contributed by atoms with Gasteiger partial charge in [0.15, 0.2) is 24.0 Å². The van der Waals surface area contributed by atoms with Gasteiger partial charge in [0.05, 0.1) is 0 Å². The van der Waals surface area contributed by atoms with Crippen molar-refractivity contribution in [1.29, 1.82) is 0 Å². The lowest BCUT2D eigenvalue weighted by molar-refractivity contribution is -0.118. The summed E-state index contributed by atoms with van der Waals surface area (Å²) in [5.74, 6) is -1.53. The van der Waals surface area contributed by atoms with E-state index < -0.39 is 24.1 Å². The average molecular weight is 268 g/mol. The van der Waals surface area contributed by atoms with Crippen LogP contribution in [0.5, 0.6) is 5.75 Å². The van der Waals surface area contributed by atoms with Crippen molar-refractivity contribution < 1.29 is 22.8 Å². The molecule has 1 amide bonds. The standard InChI is InChI=1S/C12H10F2N2O3/c1-7-4-11(16-19-7)15-12(17)6-18-10-3-2-8(13)5-9(10)14/h2-5H,6H2,1H3,(H,15,16,17). The molecule has 7 heteroatoms. The molecule has 1 N–H and O–H groups in total. The first-order chi connectivity index (χ1) is 9.04. The smallest absolute Gasteiger partial charge is 0.263 e. The zero-order chi connectivity index (χ0) is 13.8. The van der Waals surface area contributed by atoms with Crippen molar-refractivity contribution in [2.75, 3.05) is 11.9 Å². The molecule has 0 bridgehead atoms. The first-order valence-corrected chi connectivity index (χ1v) is 5.35. The number of hydrogen-bond acceptors (Lipinski definition) is 4. The summed E-state index contributed by atoms with van der Waals surface area (Å²) in [6, 6.07) is 4.35. The Hall–Kier alpha value is -2.44. The number of carbonyl (C=O) groups is 1. The van der Waals surface area contributed by atoms with E-state index in [1.54, 1.807) is 6.92 Å². The molecule has 0 radical (unpaired) electrons. The summed E-state index contributed by atoms with van der Waals surface area (Å²) in [5.41, 5.74) is 0. The third kappa shape index (κ3) is 3.51. The molecule has 1 aromatic heterocycles. The Morgan fingerprint density at radius 2 is 2.21 bits per heavy atom. The summed E-state index contributed by atoms with van der Waals surface area (Å²) >= 11 is 0. The predicted molar refractivity (Wildman–Crippen MR) is 61.7 cm³/mol. The number of benzene rings is 1. The quantitative estimate of drug-likeness (QED) is 0.923. The Morgan fingerprint density at radius 3 is 2.84 bits per heavy atom. The topological polar surface area (TPSA) is 64.4 Å². The number of amides is 1. The monoisotopic (exact) mass is 268 g/mol. The number of hydrogen-bond donors (Lipinski definition) is 1. The van der Waals surface area contributed by atoms with Gasteiger partial charge in [-0.3, -0.25) is 4.79 Å². The van der Waals surface area contributed by atoms with E-state index in [9.17, 15) is 13.6 Å². The van der Waals surface area contributed by atoms with Crippen LogP contribution in [0, 0.1) is 18.6 Å². The highest BCUT2D eigenvalue weighted by Crippen LogP contribution is 2.17. The van der Waals surface area contributed by atoms with Gasteiger partial charge in [-0.05, 0) is 19.1 Å². The minimum Gasteiger partial charge on any atom is -0.481 e. The normalized spacial score (nSPS) is 10.3. The first kappa shape index (κ1) is 13.0. The van der Waals surface area contributed by atoms with Gasteiger partial charge >= 0.3 is 0 Å². The number of nitrogens with zero attached hydrogens (tertiary/aromatic N) is 1. The van der Waals surface area contributed by atoms with Crippen LogP contribution in [-0.4, -0.2) is 17.7 Å². The number of aromatic nitrogens is 1. The SMILES string of the molecule is Cc1cc(NC(=O)COc2ccc(F)cc2F)no1. The van der Waals surface area contributed by atoms with Gasteiger partial charge in [-0.1, -0.05) is 5.16 Å². The predicted octanol–water partition coefficient (Wildman–Crippen LogP) is 2.28. The van der Waals surface area contributed by atoms with Gasteiger partial charge in [-0.25, -0.2) is 8.78 Å². The Kier molecular flexibility index (Phi) is 3.74. The Morgan fingerprint density at radius 1 is 1.42 bits per heavy atom. The largest absolute Gasteiger partial charge is 0.481 e. The molecule has 0 aliphatic heterocycles. The zero-order valence-corrected chi connectivity index (χ0v) is 9.94. The second kappa shape index (κ2) is 5.47. The van der Waals surface area contributed by atoms with E-state index in [0.29, 0.717) is 11.8 Å². The van der Waals surface area contributed by atoms with Crippen molar-refractivity contribution in [1.82, 2.24) is 5.16 Å². The zero-order valence-electron chi connectivity index (χ0n) is 9.94. The van der Waals surface area contributed by atoms with Crippen LogP contribution < -0.4 is 10.1 Å². The van der Waals surface area contributed by atoms with Gasteiger partial charge in [0.2, 0.25) is 0 Å². The Balaban J connectivity index is 1.89. The fourth-order valence-electron chi connectivity index (χ4n) is 1.34. The lowest BCUT2D eigenvalue weighted by atomic mass is 10.3. The third-order valence-corrected chi connectivity index (χ3v) is 2.15. The molecule has 0 saturated carbocycles. The van der Waals surface area contributed by atoms with Gasteiger partial charge in [0.25, 0.3) is 5.91 Å². The molecule has 1 aromatic carbocycles. The Labute approximate surface area is 107 Å². The highest BCUT2D eigenvalue weighted by molar-refractivity contribution is 5.90. The van der Waals surface area contributed by atoms with Crippen molar-refractivity contribution >= 4 is 11.7 Å². The molecule has 0 spiro atoms. The molecule has 2 aromatic rings. The fraction of sp³-hybridized carbons (Fsp3) is 0.167. The van der Waals surface area contributed by atoms with E-state index in [1.165, 1.54) is 6.07 Å². The van der Waals surface area contributed by atoms with Crippen LogP contribution in [0.15, 0.2) is 28.8 Å². The van der Waals surface area contributed by atoms with E-state index in [2.05, 4.69) is 10.5 Å². The first-order valence-electron chi connectivity index (χ1n) is 5.35. The molecule has 0 fully saturated rings. The number of aryl methyl sites for hydroxylation is 1. The number of halogens is 2. The summed E-state index contributed by atoms with van der Waals surface area (Å²) in [7, 11) is 0. The summed E-state index contributed by atoms with van der Waals surface area (Å²) in [5, 5.41) is 5.95. The number of ether oxygens (including phenoxy) is 1. The van der Waals surface area contributed by atoms with Gasteiger partial charge < -0.3 is 14.6 Å². The molecule has 0 atom stereocenters. The minimum atomic E-state index is -0.870. The van der Waals surface area contributed by atoms with Crippen LogP contribution in [0.2, 0.25) is 0 Å². The maximum atomic E-state index is 13.2. The number of nitrogens with one attached hydrogen (secondary N) is 1. The maximum absolute atomic E-state index is 13.2. The molecule has 0 aliphatic rings. The molecule has 0 saturated heterocycles. The molecule has 0 aliphatic carbocycles. The van der Waals surface area contributed by atoms with Crippen LogP contribution in [0.3, 0.4) is 0 Å². The maximum Gasteiger partial charge on any atom is 0.263 e. The van der Waals surface area contributed by atoms with Crippen LogP contribution in [-0.2, 0) is 4.79 Å². The second-order valence-corrected chi connectivity index (χ2v) is 3.73. The molecular formula is C12H10F2N2O3. The van der Waals surface area contributed by atoms with E-state index >= 15 is 0 Å². The molecule has 2 rings (SSSR count). The van der Waals surface area contributed by atoms with E-state index in [1.807, 2.05) is 0 Å². The summed E-state index contributed by atoms with van der Waals surface area (Å²) in [4.78, 5) is 11.5. The average Bonchev–Trinajstić information content (AvgIpc) is 2.73. The Bertz CT molecular complexity index is 598. The lowest BCUT2D eigenvalue weighted by Gasteiger charge is -2.06. The van der Waals surface area contributed by atoms with Crippen molar-refractivity contribution in [3.8, 4) is 5.75 Å². The molecule has 1 heterocycles. The van der Waals surface area contributed by atoms with E-state index in [4.69, 9.17) is 9.26 Å². The van der Waals surface area contributed by atoms with Gasteiger partial charge in [0, 0.05) is 12.1 Å². The van der Waals surface area contributed by atoms with Crippen LogP contribution >= 0.6 is 0 Å². The highest BCUT2D eigenvalue weighted by atomic mass is 19.1. The fourth-order valence-corrected chi connectivity index (χ4v) is 1.34. The molecule has 5 nitrogen and oxygen atoms in total. The summed E-state index contributed by atoms with van der Waals surface area (Å²) < 4.78 is 35.5. The third-order valence-electron chi connectivity index (χ3n) is 2.15. The number of carbonyl (C=O) groups excluding carboxylic acids is 1. The number of anilines is 1. The van der Waals surface area contributed by atoms with Crippen molar-refractivity contribution in [2.24, 2.45) is 0 Å². The van der Waals surface area contributed by atoms with Crippen LogP contribution in [0.25, 0.3) is 0 Å². The van der Waals surface area contributed by atoms with Gasteiger partial charge in [-0.15, -0.1) is 0 Å². The van der Waals surface area contributed by atoms with Crippen molar-refractivity contribution in [3.05, 3.63) is 41.7 Å². The van der Waals surface area contributed by atoms with Gasteiger partial charge in [0.1, 0.15) is 11.6 Å². The van der Waals surface area contributed by atoms with Gasteiger partial charge in [-0.2, -0.15) is 0 Å². The molecule has 19 heavy (non-hydrogen) atoms. The molecule has 100 valence electrons. The van der Waals surface area contributed by atoms with E-state index in [0.717, 1.165) is 12.1 Å². The van der Waals surface area contributed by atoms with Crippen molar-refractivity contribution in [2.45, 2.75) is 6.92 Å². The van der Waals surface area contributed by atoms with Crippen LogP contribution in [0.4, 0.5) is 14.6 Å². The minimum absolute atomic E-state index is 0.201. The van der Waals surface area contributed by atoms with Crippen molar-refractivity contribution in [3.63, 3.8) is 0 Å². The lowest BCUT2D eigenvalue weighted by Crippen LogP contribution is -2.20. The summed E-state index contributed by atoms with van der Waals surface area (Å²) in [6.45, 7) is 1.25. The molecular weight excluding hydrogens is 258 g/mol. The highest BCUT2D eigenvalue weighted by Gasteiger charge is 2.09. The summed E-state index contributed by atoms with van der Waals surface area (Å²) in [6.07, 6.45) is 0.